The Morgan fingerprint density at radius 2 is 1.70 bits per heavy atom. The van der Waals surface area contributed by atoms with Crippen LogP contribution in [-0.4, -0.2) is 46.1 Å². The monoisotopic (exact) mass is 392 g/mol. The number of aromatic nitrogens is 4. The first-order valence-electron chi connectivity index (χ1n) is 9.75. The lowest BCUT2D eigenvalue weighted by Crippen LogP contribution is -2.27. The maximum absolute atomic E-state index is 6.22. The van der Waals surface area contributed by atoms with Gasteiger partial charge in [0.05, 0.1) is 0 Å². The van der Waals surface area contributed by atoms with E-state index in [2.05, 4.69) is 32.4 Å². The molecule has 0 radical (unpaired) electrons. The molecular formula is C18H29ClN8. The standard InChI is InChI=1S/C18H28N8.ClH/c1-3-20-17-22-14-13(15(19)24-17)23-18(26(4-2)10-12-7-8-12)25-16(14)21-9-11-5-6-11;/h11-12H,3-10H2,1-2H3,(H,21,23,25)(H3,19,20,22,24);1H. The fraction of sp³-hybridized carbons (Fsp3) is 0.667. The summed E-state index contributed by atoms with van der Waals surface area (Å²) in [6.45, 7) is 7.68. The van der Waals surface area contributed by atoms with Gasteiger partial charge in [0.25, 0.3) is 0 Å². The lowest BCUT2D eigenvalue weighted by molar-refractivity contribution is 0.721. The van der Waals surface area contributed by atoms with Crippen LogP contribution in [0.15, 0.2) is 0 Å². The molecule has 2 aromatic rings. The van der Waals surface area contributed by atoms with Crippen LogP contribution < -0.4 is 21.3 Å². The topological polar surface area (TPSA) is 105 Å². The van der Waals surface area contributed by atoms with Crippen molar-refractivity contribution in [2.24, 2.45) is 11.8 Å². The normalized spacial score (nSPS) is 16.1. The third kappa shape index (κ3) is 4.61. The Bertz CT molecular complexity index is 791. The number of nitrogens with one attached hydrogen (secondary N) is 2. The van der Waals surface area contributed by atoms with Crippen molar-refractivity contribution in [3.05, 3.63) is 0 Å². The average Bonchev–Trinajstić information content (AvgIpc) is 3.53. The van der Waals surface area contributed by atoms with Crippen LogP contribution in [-0.2, 0) is 0 Å². The van der Waals surface area contributed by atoms with Crippen molar-refractivity contribution < 1.29 is 0 Å². The number of rotatable bonds is 9. The molecule has 2 fully saturated rings. The van der Waals surface area contributed by atoms with Crippen molar-refractivity contribution in [1.82, 2.24) is 19.9 Å². The first-order chi connectivity index (χ1) is 12.7. The summed E-state index contributed by atoms with van der Waals surface area (Å²) in [4.78, 5) is 20.8. The molecule has 9 heteroatoms. The number of fused-ring (bicyclic) bond motifs is 1. The Morgan fingerprint density at radius 1 is 0.963 bits per heavy atom. The molecular weight excluding hydrogens is 364 g/mol. The molecule has 0 amide bonds. The molecule has 27 heavy (non-hydrogen) atoms. The minimum atomic E-state index is 0. The van der Waals surface area contributed by atoms with Crippen molar-refractivity contribution in [2.45, 2.75) is 39.5 Å². The number of hydrogen-bond donors (Lipinski definition) is 3. The van der Waals surface area contributed by atoms with Gasteiger partial charge in [-0.05, 0) is 51.4 Å². The number of nitrogen functional groups attached to an aromatic ring is 1. The summed E-state index contributed by atoms with van der Waals surface area (Å²) >= 11 is 0. The number of hydrogen-bond acceptors (Lipinski definition) is 8. The first-order valence-corrected chi connectivity index (χ1v) is 9.75. The Morgan fingerprint density at radius 3 is 2.33 bits per heavy atom. The molecule has 148 valence electrons. The van der Waals surface area contributed by atoms with Crippen molar-refractivity contribution >= 4 is 47.0 Å². The molecule has 0 bridgehead atoms. The Labute approximate surface area is 166 Å². The van der Waals surface area contributed by atoms with Gasteiger partial charge >= 0.3 is 0 Å². The van der Waals surface area contributed by atoms with E-state index >= 15 is 0 Å². The third-order valence-electron chi connectivity index (χ3n) is 4.99. The Balaban J connectivity index is 0.00000210. The van der Waals surface area contributed by atoms with Crippen molar-refractivity contribution in [3.63, 3.8) is 0 Å². The second-order valence-corrected chi connectivity index (χ2v) is 7.34. The molecule has 0 spiro atoms. The van der Waals surface area contributed by atoms with E-state index in [9.17, 15) is 0 Å². The number of nitrogens with two attached hydrogens (primary N) is 1. The van der Waals surface area contributed by atoms with Crippen LogP contribution in [0.25, 0.3) is 11.0 Å². The minimum Gasteiger partial charge on any atom is -0.382 e. The van der Waals surface area contributed by atoms with Gasteiger partial charge in [-0.1, -0.05) is 0 Å². The molecule has 2 aromatic heterocycles. The van der Waals surface area contributed by atoms with Gasteiger partial charge in [0.2, 0.25) is 11.9 Å². The smallest absolute Gasteiger partial charge is 0.228 e. The van der Waals surface area contributed by atoms with E-state index in [1.807, 2.05) is 6.92 Å². The third-order valence-corrected chi connectivity index (χ3v) is 4.99. The number of nitrogens with zero attached hydrogens (tertiary/aromatic N) is 5. The number of anilines is 4. The van der Waals surface area contributed by atoms with Crippen molar-refractivity contribution in [1.29, 1.82) is 0 Å². The van der Waals surface area contributed by atoms with Gasteiger partial charge in [0.15, 0.2) is 11.6 Å². The summed E-state index contributed by atoms with van der Waals surface area (Å²) in [5.41, 5.74) is 7.54. The summed E-state index contributed by atoms with van der Waals surface area (Å²) in [5, 5.41) is 6.61. The highest BCUT2D eigenvalue weighted by Crippen LogP contribution is 2.33. The molecule has 2 saturated carbocycles. The van der Waals surface area contributed by atoms with Crippen LogP contribution in [0, 0.1) is 11.8 Å². The second-order valence-electron chi connectivity index (χ2n) is 7.34. The van der Waals surface area contributed by atoms with E-state index in [0.29, 0.717) is 22.8 Å². The van der Waals surface area contributed by atoms with Gasteiger partial charge in [-0.2, -0.15) is 9.97 Å². The summed E-state index contributed by atoms with van der Waals surface area (Å²) in [7, 11) is 0. The molecule has 0 aromatic carbocycles. The highest BCUT2D eigenvalue weighted by molar-refractivity contribution is 5.93. The summed E-state index contributed by atoms with van der Waals surface area (Å²) < 4.78 is 0. The lowest BCUT2D eigenvalue weighted by Gasteiger charge is -2.22. The highest BCUT2D eigenvalue weighted by atomic mass is 35.5. The second kappa shape index (κ2) is 8.29. The summed E-state index contributed by atoms with van der Waals surface area (Å²) in [6, 6.07) is 0. The van der Waals surface area contributed by atoms with Gasteiger partial charge in [0, 0.05) is 26.2 Å². The molecule has 2 aliphatic rings. The van der Waals surface area contributed by atoms with E-state index in [1.54, 1.807) is 0 Å². The molecule has 4 rings (SSSR count). The van der Waals surface area contributed by atoms with Crippen LogP contribution in [0.5, 0.6) is 0 Å². The molecule has 0 unspecified atom stereocenters. The Hall–Kier alpha value is -2.09. The van der Waals surface area contributed by atoms with Crippen LogP contribution >= 0.6 is 12.4 Å². The largest absolute Gasteiger partial charge is 0.382 e. The molecule has 0 atom stereocenters. The van der Waals surface area contributed by atoms with Gasteiger partial charge < -0.3 is 21.3 Å². The highest BCUT2D eigenvalue weighted by Gasteiger charge is 2.26. The predicted molar refractivity (Wildman–Crippen MR) is 113 cm³/mol. The summed E-state index contributed by atoms with van der Waals surface area (Å²) in [6.07, 6.45) is 5.17. The van der Waals surface area contributed by atoms with Gasteiger partial charge in [-0.25, -0.2) is 9.97 Å². The van der Waals surface area contributed by atoms with E-state index in [-0.39, 0.29) is 12.4 Å². The van der Waals surface area contributed by atoms with Crippen molar-refractivity contribution in [3.8, 4) is 0 Å². The molecule has 0 saturated heterocycles. The Kier molecular flexibility index (Phi) is 6.04. The predicted octanol–water partition coefficient (Wildman–Crippen LogP) is 2.91. The van der Waals surface area contributed by atoms with E-state index in [4.69, 9.17) is 15.7 Å². The molecule has 2 aliphatic carbocycles. The van der Waals surface area contributed by atoms with Gasteiger partial charge in [-0.3, -0.25) is 0 Å². The lowest BCUT2D eigenvalue weighted by atomic mass is 10.3. The molecule has 8 nitrogen and oxygen atoms in total. The van der Waals surface area contributed by atoms with E-state index in [0.717, 1.165) is 49.8 Å². The maximum atomic E-state index is 6.22. The van der Waals surface area contributed by atoms with E-state index < -0.39 is 0 Å². The zero-order valence-electron chi connectivity index (χ0n) is 16.0. The summed E-state index contributed by atoms with van der Waals surface area (Å²) in [5.74, 6) is 3.91. The van der Waals surface area contributed by atoms with Crippen LogP contribution in [0.4, 0.5) is 23.5 Å². The minimum absolute atomic E-state index is 0. The SMILES string of the molecule is CCNc1nc(N)c2nc(N(CC)CC3CC3)nc(NCC3CC3)c2n1.Cl. The van der Waals surface area contributed by atoms with Gasteiger partial charge in [0.1, 0.15) is 11.0 Å². The van der Waals surface area contributed by atoms with Crippen LogP contribution in [0.3, 0.4) is 0 Å². The number of halogens is 1. The quantitative estimate of drug-likeness (QED) is 0.598. The average molecular weight is 393 g/mol. The van der Waals surface area contributed by atoms with Crippen LogP contribution in [0.1, 0.15) is 39.5 Å². The maximum Gasteiger partial charge on any atom is 0.228 e. The zero-order valence-corrected chi connectivity index (χ0v) is 16.8. The fourth-order valence-corrected chi connectivity index (χ4v) is 3.05. The fourth-order valence-electron chi connectivity index (χ4n) is 3.05. The molecule has 2 heterocycles. The van der Waals surface area contributed by atoms with Gasteiger partial charge in [-0.15, -0.1) is 12.4 Å². The van der Waals surface area contributed by atoms with Crippen LogP contribution in [0.2, 0.25) is 0 Å². The van der Waals surface area contributed by atoms with Crippen molar-refractivity contribution in [2.75, 3.05) is 47.4 Å². The molecule has 0 aliphatic heterocycles. The zero-order chi connectivity index (χ0) is 18.1. The van der Waals surface area contributed by atoms with E-state index in [1.165, 1.54) is 25.7 Å². The first kappa shape index (κ1) is 19.7. The molecule has 4 N–H and O–H groups in total.